The molecule has 1 aliphatic rings. The van der Waals surface area contributed by atoms with E-state index in [1.807, 2.05) is 12.1 Å². The van der Waals surface area contributed by atoms with Crippen LogP contribution >= 0.6 is 0 Å². The third-order valence-electron chi connectivity index (χ3n) is 7.60. The molecule has 228 valence electrons. The minimum atomic E-state index is -4.07. The summed E-state index contributed by atoms with van der Waals surface area (Å²) in [6, 6.07) is 25.3. The fraction of sp³-hybridized carbons (Fsp3) is 0.235. The first kappa shape index (κ1) is 30.9. The molecule has 0 bridgehead atoms. The number of amides is 2. The summed E-state index contributed by atoms with van der Waals surface area (Å²) in [6.07, 6.45) is 1.61. The second-order valence-electron chi connectivity index (χ2n) is 11.2. The molecule has 5 rings (SSSR count). The highest BCUT2D eigenvalue weighted by Gasteiger charge is 2.34. The van der Waals surface area contributed by atoms with E-state index in [-0.39, 0.29) is 16.7 Å². The molecular formula is C34H32F2N2O5S. The lowest BCUT2D eigenvalue weighted by molar-refractivity contribution is -0.132. The molecule has 1 N–H and O–H groups in total. The van der Waals surface area contributed by atoms with Crippen molar-refractivity contribution in [2.24, 2.45) is 0 Å². The van der Waals surface area contributed by atoms with Gasteiger partial charge < -0.3 is 9.64 Å². The van der Waals surface area contributed by atoms with Gasteiger partial charge in [0.1, 0.15) is 5.75 Å². The van der Waals surface area contributed by atoms with Crippen LogP contribution in [0.3, 0.4) is 0 Å². The Labute approximate surface area is 255 Å². The molecular weight excluding hydrogens is 586 g/mol. The van der Waals surface area contributed by atoms with Crippen LogP contribution in [-0.4, -0.2) is 43.8 Å². The van der Waals surface area contributed by atoms with E-state index in [4.69, 9.17) is 4.74 Å². The van der Waals surface area contributed by atoms with Crippen molar-refractivity contribution in [3.8, 4) is 16.9 Å². The van der Waals surface area contributed by atoms with Crippen molar-refractivity contribution >= 4 is 21.8 Å². The van der Waals surface area contributed by atoms with Gasteiger partial charge in [0.05, 0.1) is 4.90 Å². The topological polar surface area (TPSA) is 92.8 Å². The number of nitrogens with one attached hydrogen (secondary N) is 1. The van der Waals surface area contributed by atoms with Gasteiger partial charge in [-0.25, -0.2) is 21.9 Å². The second-order valence-corrected chi connectivity index (χ2v) is 12.9. The Balaban J connectivity index is 1.27. The number of likely N-dealkylation sites (tertiary alicyclic amines) is 1. The van der Waals surface area contributed by atoms with Crippen molar-refractivity contribution in [2.45, 2.75) is 43.1 Å². The maximum Gasteiger partial charge on any atom is 0.277 e. The number of ether oxygens (including phenoxy) is 1. The Kier molecular flexibility index (Phi) is 8.82. The molecule has 0 spiro atoms. The van der Waals surface area contributed by atoms with Crippen LogP contribution in [0.4, 0.5) is 8.78 Å². The highest BCUT2D eigenvalue weighted by atomic mass is 32.2. The summed E-state index contributed by atoms with van der Waals surface area (Å²) in [4.78, 5) is 28.2. The first-order chi connectivity index (χ1) is 20.9. The van der Waals surface area contributed by atoms with Crippen LogP contribution in [0.5, 0.6) is 5.75 Å². The van der Waals surface area contributed by atoms with Gasteiger partial charge in [-0.2, -0.15) is 0 Å². The molecule has 1 fully saturated rings. The van der Waals surface area contributed by atoms with E-state index >= 15 is 0 Å². The van der Waals surface area contributed by atoms with Crippen LogP contribution in [0.1, 0.15) is 48.5 Å². The van der Waals surface area contributed by atoms with Crippen molar-refractivity contribution in [2.75, 3.05) is 13.1 Å². The Bertz CT molecular complexity index is 1790. The standard InChI is InChI=1S/C34H32F2N2O5S/c1-34(2,33(40)37-44(41,42)29-14-4-3-5-15-29)43-28-13-7-10-24(20-28)27-12-8-18-38(22-27)32(39)26-11-6-9-23(19-26)25-16-17-30(35)31(36)21-25/h3-7,9-11,13-17,19-21,27H,8,12,18,22H2,1-2H3,(H,37,40). The number of carbonyl (C=O) groups excluding carboxylic acids is 2. The third kappa shape index (κ3) is 6.97. The van der Waals surface area contributed by atoms with E-state index in [2.05, 4.69) is 4.72 Å². The van der Waals surface area contributed by atoms with Gasteiger partial charge in [-0.05, 0) is 91.9 Å². The normalized spacial score (nSPS) is 15.5. The van der Waals surface area contributed by atoms with Crippen LogP contribution in [0.15, 0.2) is 102 Å². The Hall–Kier alpha value is -4.57. The fourth-order valence-corrected chi connectivity index (χ4v) is 6.32. The minimum Gasteiger partial charge on any atom is -0.478 e. The predicted molar refractivity (Wildman–Crippen MR) is 163 cm³/mol. The van der Waals surface area contributed by atoms with Gasteiger partial charge in [0.25, 0.3) is 21.8 Å². The molecule has 4 aromatic rings. The van der Waals surface area contributed by atoms with Gasteiger partial charge in [0, 0.05) is 24.6 Å². The number of rotatable bonds is 8. The first-order valence-corrected chi connectivity index (χ1v) is 15.7. The zero-order chi connectivity index (χ0) is 31.5. The van der Waals surface area contributed by atoms with Crippen LogP contribution in [-0.2, 0) is 14.8 Å². The smallest absolute Gasteiger partial charge is 0.277 e. The van der Waals surface area contributed by atoms with Gasteiger partial charge in [-0.1, -0.05) is 48.5 Å². The Morgan fingerprint density at radius 3 is 2.34 bits per heavy atom. The van der Waals surface area contributed by atoms with E-state index in [1.165, 1.54) is 32.0 Å². The monoisotopic (exact) mass is 618 g/mol. The lowest BCUT2D eigenvalue weighted by Gasteiger charge is -2.33. The summed E-state index contributed by atoms with van der Waals surface area (Å²) >= 11 is 0. The fourth-order valence-electron chi connectivity index (χ4n) is 5.20. The summed E-state index contributed by atoms with van der Waals surface area (Å²) in [5, 5.41) is 0. The van der Waals surface area contributed by atoms with Gasteiger partial charge in [0.2, 0.25) is 0 Å². The zero-order valence-corrected chi connectivity index (χ0v) is 25.1. The number of sulfonamides is 1. The molecule has 1 unspecified atom stereocenters. The summed E-state index contributed by atoms with van der Waals surface area (Å²) in [5.74, 6) is -2.47. The lowest BCUT2D eigenvalue weighted by Crippen LogP contribution is -2.48. The van der Waals surface area contributed by atoms with Crippen molar-refractivity contribution in [3.05, 3.63) is 120 Å². The van der Waals surface area contributed by atoms with E-state index in [9.17, 15) is 26.8 Å². The average Bonchev–Trinajstić information content (AvgIpc) is 3.02. The SMILES string of the molecule is CC(C)(Oc1cccc(C2CCCN(C(=O)c3cccc(-c4ccc(F)c(F)c4)c3)C2)c1)C(=O)NS(=O)(=O)c1ccccc1. The molecule has 1 aliphatic heterocycles. The quantitative estimate of drug-likeness (QED) is 0.250. The number of carbonyl (C=O) groups is 2. The molecule has 0 aliphatic carbocycles. The summed E-state index contributed by atoms with van der Waals surface area (Å²) in [5.41, 5.74) is 0.942. The predicted octanol–water partition coefficient (Wildman–Crippen LogP) is 6.31. The van der Waals surface area contributed by atoms with Gasteiger partial charge in [-0.3, -0.25) is 9.59 Å². The largest absolute Gasteiger partial charge is 0.478 e. The van der Waals surface area contributed by atoms with Crippen molar-refractivity contribution < 1.29 is 31.5 Å². The maximum absolute atomic E-state index is 13.8. The number of hydrogen-bond acceptors (Lipinski definition) is 5. The number of nitrogens with zero attached hydrogens (tertiary/aromatic N) is 1. The van der Waals surface area contributed by atoms with E-state index < -0.39 is 33.2 Å². The Morgan fingerprint density at radius 2 is 1.59 bits per heavy atom. The van der Waals surface area contributed by atoms with Gasteiger partial charge in [-0.15, -0.1) is 0 Å². The van der Waals surface area contributed by atoms with Crippen LogP contribution in [0.2, 0.25) is 0 Å². The summed E-state index contributed by atoms with van der Waals surface area (Å²) < 4.78 is 60.6. The van der Waals surface area contributed by atoms with Gasteiger partial charge in [0.15, 0.2) is 17.2 Å². The van der Waals surface area contributed by atoms with E-state index in [0.29, 0.717) is 35.5 Å². The van der Waals surface area contributed by atoms with Crippen LogP contribution in [0.25, 0.3) is 11.1 Å². The molecule has 4 aromatic carbocycles. The Morgan fingerprint density at radius 1 is 0.864 bits per heavy atom. The van der Waals surface area contributed by atoms with Crippen molar-refractivity contribution in [1.82, 2.24) is 9.62 Å². The second kappa shape index (κ2) is 12.6. The van der Waals surface area contributed by atoms with Crippen LogP contribution < -0.4 is 9.46 Å². The summed E-state index contributed by atoms with van der Waals surface area (Å²) in [6.45, 7) is 4.01. The maximum atomic E-state index is 13.8. The van der Waals surface area contributed by atoms with E-state index in [1.54, 1.807) is 59.5 Å². The highest BCUT2D eigenvalue weighted by Crippen LogP contribution is 2.32. The lowest BCUT2D eigenvalue weighted by atomic mass is 9.90. The molecule has 1 heterocycles. The number of piperidine rings is 1. The number of benzene rings is 4. The average molecular weight is 619 g/mol. The molecule has 0 aromatic heterocycles. The molecule has 44 heavy (non-hydrogen) atoms. The van der Waals surface area contributed by atoms with Crippen LogP contribution in [0, 0.1) is 11.6 Å². The number of hydrogen-bond donors (Lipinski definition) is 1. The zero-order valence-electron chi connectivity index (χ0n) is 24.3. The summed E-state index contributed by atoms with van der Waals surface area (Å²) in [7, 11) is -4.07. The molecule has 1 saturated heterocycles. The molecule has 1 atom stereocenters. The van der Waals surface area contributed by atoms with Crippen molar-refractivity contribution in [3.63, 3.8) is 0 Å². The number of halogens is 2. The molecule has 10 heteroatoms. The first-order valence-electron chi connectivity index (χ1n) is 14.2. The van der Waals surface area contributed by atoms with Crippen molar-refractivity contribution in [1.29, 1.82) is 0 Å². The highest BCUT2D eigenvalue weighted by molar-refractivity contribution is 7.90. The van der Waals surface area contributed by atoms with E-state index in [0.717, 1.165) is 30.5 Å². The molecule has 2 amide bonds. The third-order valence-corrected chi connectivity index (χ3v) is 8.95. The minimum absolute atomic E-state index is 0.000948. The molecule has 7 nitrogen and oxygen atoms in total. The molecule has 0 saturated carbocycles. The molecule has 0 radical (unpaired) electrons. The van der Waals surface area contributed by atoms with Gasteiger partial charge >= 0.3 is 0 Å².